The van der Waals surface area contributed by atoms with Gasteiger partial charge in [-0.3, -0.25) is 4.79 Å². The maximum atomic E-state index is 12.0. The normalized spacial score (nSPS) is 12.1. The lowest BCUT2D eigenvalue weighted by Crippen LogP contribution is -2.45. The van der Waals surface area contributed by atoms with E-state index in [9.17, 15) is 4.79 Å². The molecule has 1 N–H and O–H groups in total. The van der Waals surface area contributed by atoms with E-state index in [-0.39, 0.29) is 16.9 Å². The highest BCUT2D eigenvalue weighted by Crippen LogP contribution is 2.26. The van der Waals surface area contributed by atoms with Crippen LogP contribution < -0.4 is 10.1 Å². The molecule has 0 spiro atoms. The first-order chi connectivity index (χ1) is 10.1. The van der Waals surface area contributed by atoms with Gasteiger partial charge in [-0.25, -0.2) is 0 Å². The van der Waals surface area contributed by atoms with Crippen molar-refractivity contribution in [2.24, 2.45) is 5.41 Å². The Labute approximate surface area is 139 Å². The Hall–Kier alpha value is -1.22. The largest absolute Gasteiger partial charge is 0.494 e. The van der Waals surface area contributed by atoms with Crippen LogP contribution in [0.15, 0.2) is 24.3 Å². The van der Waals surface area contributed by atoms with E-state index in [2.05, 4.69) is 39.9 Å². The fourth-order valence-corrected chi connectivity index (χ4v) is 2.89. The third-order valence-electron chi connectivity index (χ3n) is 3.08. The van der Waals surface area contributed by atoms with Gasteiger partial charge in [-0.05, 0) is 56.4 Å². The lowest BCUT2D eigenvalue weighted by molar-refractivity contribution is -0.123. The maximum absolute atomic E-state index is 12.0. The molecule has 124 valence electrons. The molecule has 0 aliphatic heterocycles. The number of amides is 1. The molecule has 0 bridgehead atoms. The van der Waals surface area contributed by atoms with Gasteiger partial charge in [0.05, 0.1) is 6.61 Å². The molecule has 1 aromatic rings. The van der Waals surface area contributed by atoms with Crippen molar-refractivity contribution in [3.05, 3.63) is 29.3 Å². The first kappa shape index (κ1) is 18.8. The topological polar surface area (TPSA) is 38.3 Å². The van der Waals surface area contributed by atoms with Crippen molar-refractivity contribution in [2.45, 2.75) is 59.4 Å². The SMILES string of the molecule is CC(C)(C)CC(C)(C)NC(=O)CCCOc1ccc(Cl)cc1. The standard InChI is InChI=1S/C18H28ClNO2/c1-17(2,3)13-18(4,5)20-16(21)7-6-12-22-15-10-8-14(19)9-11-15/h8-11H,6-7,12-13H2,1-5H3,(H,20,21). The van der Waals surface area contributed by atoms with Crippen molar-refractivity contribution < 1.29 is 9.53 Å². The fraction of sp³-hybridized carbons (Fsp3) is 0.611. The molecule has 0 aliphatic rings. The summed E-state index contributed by atoms with van der Waals surface area (Å²) < 4.78 is 5.58. The molecule has 4 heteroatoms. The molecular formula is C18H28ClNO2. The second-order valence-corrected chi connectivity index (χ2v) is 8.01. The summed E-state index contributed by atoms with van der Waals surface area (Å²) >= 11 is 5.81. The van der Waals surface area contributed by atoms with E-state index >= 15 is 0 Å². The first-order valence-corrected chi connectivity index (χ1v) is 8.15. The number of ether oxygens (including phenoxy) is 1. The van der Waals surface area contributed by atoms with E-state index in [0.717, 1.165) is 12.2 Å². The summed E-state index contributed by atoms with van der Waals surface area (Å²) in [5, 5.41) is 3.79. The fourth-order valence-electron chi connectivity index (χ4n) is 2.76. The number of carbonyl (C=O) groups is 1. The molecule has 22 heavy (non-hydrogen) atoms. The molecule has 1 amide bonds. The molecule has 0 aromatic heterocycles. The monoisotopic (exact) mass is 325 g/mol. The van der Waals surface area contributed by atoms with Crippen LogP contribution in [0.5, 0.6) is 5.75 Å². The van der Waals surface area contributed by atoms with Crippen molar-refractivity contribution in [2.75, 3.05) is 6.61 Å². The van der Waals surface area contributed by atoms with Crippen LogP contribution in [0.25, 0.3) is 0 Å². The smallest absolute Gasteiger partial charge is 0.220 e. The predicted molar refractivity (Wildman–Crippen MR) is 92.5 cm³/mol. The molecule has 0 aliphatic carbocycles. The second kappa shape index (κ2) is 7.87. The Kier molecular flexibility index (Phi) is 6.73. The molecule has 0 radical (unpaired) electrons. The van der Waals surface area contributed by atoms with Crippen LogP contribution in [0.2, 0.25) is 5.02 Å². The van der Waals surface area contributed by atoms with Gasteiger partial charge in [0.2, 0.25) is 5.91 Å². The summed E-state index contributed by atoms with van der Waals surface area (Å²) in [6.45, 7) is 11.2. The number of benzene rings is 1. The zero-order valence-corrected chi connectivity index (χ0v) is 15.1. The summed E-state index contributed by atoms with van der Waals surface area (Å²) in [4.78, 5) is 12.0. The van der Waals surface area contributed by atoms with Crippen molar-refractivity contribution in [1.29, 1.82) is 0 Å². The van der Waals surface area contributed by atoms with Crippen molar-refractivity contribution >= 4 is 17.5 Å². The Morgan fingerprint density at radius 2 is 1.73 bits per heavy atom. The van der Waals surface area contributed by atoms with E-state index in [0.29, 0.717) is 24.5 Å². The summed E-state index contributed by atoms with van der Waals surface area (Å²) in [5.74, 6) is 0.854. The Bertz CT molecular complexity index is 475. The molecular weight excluding hydrogens is 298 g/mol. The van der Waals surface area contributed by atoms with Gasteiger partial charge in [0.25, 0.3) is 0 Å². The van der Waals surface area contributed by atoms with E-state index < -0.39 is 0 Å². The van der Waals surface area contributed by atoms with Crippen molar-refractivity contribution in [1.82, 2.24) is 5.32 Å². The molecule has 0 saturated heterocycles. The summed E-state index contributed by atoms with van der Waals surface area (Å²) in [7, 11) is 0. The molecule has 3 nitrogen and oxygen atoms in total. The van der Waals surface area contributed by atoms with Crippen LogP contribution in [0.3, 0.4) is 0 Å². The van der Waals surface area contributed by atoms with Crippen LogP contribution in [-0.2, 0) is 4.79 Å². The van der Waals surface area contributed by atoms with Gasteiger partial charge in [0.1, 0.15) is 5.75 Å². The average Bonchev–Trinajstić information content (AvgIpc) is 2.33. The van der Waals surface area contributed by atoms with Gasteiger partial charge in [-0.2, -0.15) is 0 Å². The highest BCUT2D eigenvalue weighted by atomic mass is 35.5. The predicted octanol–water partition coefficient (Wildman–Crippen LogP) is 4.83. The van der Waals surface area contributed by atoms with Crippen LogP contribution in [0.4, 0.5) is 0 Å². The highest BCUT2D eigenvalue weighted by molar-refractivity contribution is 6.30. The van der Waals surface area contributed by atoms with Crippen LogP contribution in [-0.4, -0.2) is 18.1 Å². The minimum atomic E-state index is -0.188. The molecule has 0 heterocycles. The van der Waals surface area contributed by atoms with Gasteiger partial charge < -0.3 is 10.1 Å². The Morgan fingerprint density at radius 1 is 1.14 bits per heavy atom. The third-order valence-corrected chi connectivity index (χ3v) is 3.33. The first-order valence-electron chi connectivity index (χ1n) is 7.77. The van der Waals surface area contributed by atoms with Gasteiger partial charge in [-0.15, -0.1) is 0 Å². The molecule has 0 unspecified atom stereocenters. The molecule has 0 fully saturated rings. The maximum Gasteiger partial charge on any atom is 0.220 e. The van der Waals surface area contributed by atoms with Crippen molar-refractivity contribution in [3.8, 4) is 5.75 Å². The van der Waals surface area contributed by atoms with Gasteiger partial charge >= 0.3 is 0 Å². The Balaban J connectivity index is 2.27. The summed E-state index contributed by atoms with van der Waals surface area (Å²) in [6, 6.07) is 7.24. The number of hydrogen-bond acceptors (Lipinski definition) is 2. The van der Waals surface area contributed by atoms with Gasteiger partial charge in [0.15, 0.2) is 0 Å². The van der Waals surface area contributed by atoms with Crippen LogP contribution in [0.1, 0.15) is 53.9 Å². The molecule has 1 rings (SSSR count). The summed E-state index contributed by atoms with van der Waals surface area (Å²) in [6.07, 6.45) is 2.11. The van der Waals surface area contributed by atoms with Gasteiger partial charge in [0, 0.05) is 17.0 Å². The second-order valence-electron chi connectivity index (χ2n) is 7.58. The minimum Gasteiger partial charge on any atom is -0.494 e. The lowest BCUT2D eigenvalue weighted by atomic mass is 9.82. The number of carbonyl (C=O) groups excluding carboxylic acids is 1. The minimum absolute atomic E-state index is 0.0777. The van der Waals surface area contributed by atoms with Crippen molar-refractivity contribution in [3.63, 3.8) is 0 Å². The average molecular weight is 326 g/mol. The molecule has 1 aromatic carbocycles. The van der Waals surface area contributed by atoms with Crippen LogP contribution >= 0.6 is 11.6 Å². The zero-order chi connectivity index (χ0) is 16.8. The Morgan fingerprint density at radius 3 is 2.27 bits per heavy atom. The van der Waals surface area contributed by atoms with Crippen LogP contribution in [0, 0.1) is 5.41 Å². The molecule has 0 saturated carbocycles. The number of halogens is 1. The van der Waals surface area contributed by atoms with E-state index in [1.807, 2.05) is 12.1 Å². The van der Waals surface area contributed by atoms with E-state index in [1.165, 1.54) is 0 Å². The number of hydrogen-bond donors (Lipinski definition) is 1. The van der Waals surface area contributed by atoms with E-state index in [4.69, 9.17) is 16.3 Å². The quantitative estimate of drug-likeness (QED) is 0.729. The lowest BCUT2D eigenvalue weighted by Gasteiger charge is -2.33. The highest BCUT2D eigenvalue weighted by Gasteiger charge is 2.26. The van der Waals surface area contributed by atoms with Gasteiger partial charge in [-0.1, -0.05) is 32.4 Å². The molecule has 0 atom stereocenters. The van der Waals surface area contributed by atoms with E-state index in [1.54, 1.807) is 12.1 Å². The number of rotatable bonds is 7. The third kappa shape index (κ3) is 8.28. The number of nitrogens with one attached hydrogen (secondary N) is 1. The summed E-state index contributed by atoms with van der Waals surface area (Å²) in [5.41, 5.74) is 0.000837. The zero-order valence-electron chi connectivity index (χ0n) is 14.3.